The predicted molar refractivity (Wildman–Crippen MR) is 125 cm³/mol. The number of unbranched alkanes of at least 4 members (excludes halogenated alkanes) is 4. The number of hydrogen-bond acceptors (Lipinski definition) is 4. The van der Waals surface area contributed by atoms with E-state index in [0.717, 1.165) is 30.5 Å². The molecule has 3 aromatic rings. The van der Waals surface area contributed by atoms with Gasteiger partial charge in [-0.3, -0.25) is 4.98 Å². The number of carbonyl (C=O) groups excluding carboxylic acids is 1. The van der Waals surface area contributed by atoms with Gasteiger partial charge in [0.2, 0.25) is 0 Å². The fourth-order valence-electron chi connectivity index (χ4n) is 3.53. The minimum absolute atomic E-state index is 0.200. The number of nitrogens with zero attached hydrogens (tertiary/aromatic N) is 2. The molecule has 0 atom stereocenters. The first-order chi connectivity index (χ1) is 15.2. The Balaban J connectivity index is 1.53. The van der Waals surface area contributed by atoms with Crippen LogP contribution in [0.3, 0.4) is 0 Å². The van der Waals surface area contributed by atoms with Gasteiger partial charge < -0.3 is 4.74 Å². The van der Waals surface area contributed by atoms with Crippen molar-refractivity contribution in [2.45, 2.75) is 65.2 Å². The maximum atomic E-state index is 12.4. The Bertz CT molecular complexity index is 932. The van der Waals surface area contributed by atoms with Crippen LogP contribution in [0.2, 0.25) is 0 Å². The van der Waals surface area contributed by atoms with Crippen molar-refractivity contribution in [2.24, 2.45) is 0 Å². The molecule has 0 amide bonds. The number of aromatic nitrogens is 2. The first-order valence-electron chi connectivity index (χ1n) is 11.4. The van der Waals surface area contributed by atoms with Crippen LogP contribution in [-0.4, -0.2) is 15.9 Å². The lowest BCUT2D eigenvalue weighted by atomic mass is 10.1. The van der Waals surface area contributed by atoms with Crippen molar-refractivity contribution in [2.75, 3.05) is 0 Å². The van der Waals surface area contributed by atoms with Gasteiger partial charge in [0.1, 0.15) is 5.75 Å². The number of rotatable bonds is 11. The predicted octanol–water partition coefficient (Wildman–Crippen LogP) is 6.83. The van der Waals surface area contributed by atoms with Crippen molar-refractivity contribution in [1.29, 1.82) is 0 Å². The van der Waals surface area contributed by atoms with E-state index in [0.29, 0.717) is 5.75 Å². The summed E-state index contributed by atoms with van der Waals surface area (Å²) in [5, 5.41) is 0. The summed E-state index contributed by atoms with van der Waals surface area (Å²) >= 11 is 0. The third kappa shape index (κ3) is 7.02. The Morgan fingerprint density at radius 2 is 1.42 bits per heavy atom. The second-order valence-corrected chi connectivity index (χ2v) is 7.93. The van der Waals surface area contributed by atoms with E-state index in [1.165, 1.54) is 49.4 Å². The lowest BCUT2D eigenvalue weighted by molar-refractivity contribution is 0.0728. The molecule has 0 unspecified atom stereocenters. The Kier molecular flexibility index (Phi) is 8.77. The average molecular weight is 417 g/mol. The third-order valence-electron chi connectivity index (χ3n) is 5.35. The molecule has 0 aliphatic heterocycles. The highest BCUT2D eigenvalue weighted by Gasteiger charge is 2.12. The first-order valence-corrected chi connectivity index (χ1v) is 11.4. The zero-order chi connectivity index (χ0) is 21.9. The van der Waals surface area contributed by atoms with Gasteiger partial charge in [-0.15, -0.1) is 0 Å². The maximum absolute atomic E-state index is 12.4. The van der Waals surface area contributed by atoms with Gasteiger partial charge in [0.25, 0.3) is 0 Å². The van der Waals surface area contributed by atoms with Crippen molar-refractivity contribution in [3.8, 4) is 17.0 Å². The molecule has 4 heteroatoms. The minimum Gasteiger partial charge on any atom is -0.422 e. The van der Waals surface area contributed by atoms with Gasteiger partial charge in [0, 0.05) is 5.56 Å². The van der Waals surface area contributed by atoms with Crippen molar-refractivity contribution in [3.05, 3.63) is 77.7 Å². The molecular weight excluding hydrogens is 384 g/mol. The fourth-order valence-corrected chi connectivity index (χ4v) is 3.53. The Morgan fingerprint density at radius 1 is 0.742 bits per heavy atom. The van der Waals surface area contributed by atoms with Crippen LogP contribution in [0.4, 0.5) is 0 Å². The van der Waals surface area contributed by atoms with Crippen molar-refractivity contribution >= 4 is 5.97 Å². The summed E-state index contributed by atoms with van der Waals surface area (Å²) in [6.07, 6.45) is 12.7. The molecule has 0 radical (unpaired) electrons. The molecule has 0 bridgehead atoms. The molecule has 1 aromatic heterocycles. The molecule has 2 aromatic carbocycles. The highest BCUT2D eigenvalue weighted by atomic mass is 16.5. The van der Waals surface area contributed by atoms with Gasteiger partial charge in [0.05, 0.1) is 18.1 Å². The third-order valence-corrected chi connectivity index (χ3v) is 5.35. The Morgan fingerprint density at radius 3 is 2.06 bits per heavy atom. The van der Waals surface area contributed by atoms with Crippen LogP contribution in [0.1, 0.15) is 74.0 Å². The van der Waals surface area contributed by atoms with Crippen LogP contribution in [0.25, 0.3) is 11.3 Å². The van der Waals surface area contributed by atoms with E-state index >= 15 is 0 Å². The number of esters is 1. The largest absolute Gasteiger partial charge is 0.422 e. The van der Waals surface area contributed by atoms with Gasteiger partial charge >= 0.3 is 5.97 Å². The van der Waals surface area contributed by atoms with Gasteiger partial charge in [0.15, 0.2) is 5.69 Å². The quantitative estimate of drug-likeness (QED) is 0.195. The van der Waals surface area contributed by atoms with Gasteiger partial charge in [-0.05, 0) is 42.5 Å². The molecule has 0 fully saturated rings. The SMILES string of the molecule is CCCCCCCc1ccc(OC(=O)c2cnc(-c3ccc(CCC)cc3)cn2)cc1. The molecule has 0 saturated carbocycles. The molecule has 1 heterocycles. The number of hydrogen-bond donors (Lipinski definition) is 0. The molecule has 0 aliphatic carbocycles. The van der Waals surface area contributed by atoms with E-state index in [9.17, 15) is 4.79 Å². The van der Waals surface area contributed by atoms with Crippen LogP contribution in [-0.2, 0) is 12.8 Å². The molecule has 0 N–H and O–H groups in total. The summed E-state index contributed by atoms with van der Waals surface area (Å²) in [5.74, 6) is 0.0294. The standard InChI is InChI=1S/C27H32N2O2/c1-3-5-6-7-8-10-22-13-17-24(18-14-22)31-27(30)26-20-28-25(19-29-26)23-15-11-21(9-4-2)12-16-23/h11-20H,3-10H2,1-2H3. The van der Waals surface area contributed by atoms with Gasteiger partial charge in [-0.25, -0.2) is 9.78 Å². The van der Waals surface area contributed by atoms with Gasteiger partial charge in [-0.2, -0.15) is 0 Å². The molecule has 3 rings (SSSR count). The minimum atomic E-state index is -0.496. The highest BCUT2D eigenvalue weighted by Crippen LogP contribution is 2.19. The van der Waals surface area contributed by atoms with Crippen LogP contribution in [0.15, 0.2) is 60.9 Å². The lowest BCUT2D eigenvalue weighted by Crippen LogP contribution is -2.11. The molecule has 0 aliphatic rings. The van der Waals surface area contributed by atoms with Crippen molar-refractivity contribution in [3.63, 3.8) is 0 Å². The summed E-state index contributed by atoms with van der Waals surface area (Å²) in [6.45, 7) is 4.40. The number of aryl methyl sites for hydroxylation is 2. The molecule has 162 valence electrons. The lowest BCUT2D eigenvalue weighted by Gasteiger charge is -2.07. The van der Waals surface area contributed by atoms with E-state index in [-0.39, 0.29) is 5.69 Å². The van der Waals surface area contributed by atoms with E-state index in [1.54, 1.807) is 6.20 Å². The zero-order valence-electron chi connectivity index (χ0n) is 18.6. The Labute approximate surface area is 185 Å². The molecule has 31 heavy (non-hydrogen) atoms. The molecule has 4 nitrogen and oxygen atoms in total. The molecule has 0 saturated heterocycles. The van der Waals surface area contributed by atoms with Crippen LogP contribution in [0.5, 0.6) is 5.75 Å². The smallest absolute Gasteiger partial charge is 0.363 e. The fraction of sp³-hybridized carbons (Fsp3) is 0.370. The van der Waals surface area contributed by atoms with Crippen LogP contribution >= 0.6 is 0 Å². The Hall–Kier alpha value is -3.01. The second-order valence-electron chi connectivity index (χ2n) is 7.93. The van der Waals surface area contributed by atoms with E-state index in [2.05, 4.69) is 35.9 Å². The van der Waals surface area contributed by atoms with E-state index in [1.807, 2.05) is 36.4 Å². The summed E-state index contributed by atoms with van der Waals surface area (Å²) in [6, 6.07) is 16.0. The number of benzene rings is 2. The summed E-state index contributed by atoms with van der Waals surface area (Å²) in [7, 11) is 0. The van der Waals surface area contributed by atoms with E-state index in [4.69, 9.17) is 4.74 Å². The normalized spacial score (nSPS) is 10.8. The van der Waals surface area contributed by atoms with Crippen LogP contribution in [0, 0.1) is 0 Å². The molecule has 0 spiro atoms. The monoisotopic (exact) mass is 416 g/mol. The zero-order valence-corrected chi connectivity index (χ0v) is 18.6. The van der Waals surface area contributed by atoms with Crippen molar-refractivity contribution < 1.29 is 9.53 Å². The van der Waals surface area contributed by atoms with Gasteiger partial charge in [-0.1, -0.05) is 82.3 Å². The molecular formula is C27H32N2O2. The topological polar surface area (TPSA) is 52.1 Å². The number of ether oxygens (including phenoxy) is 1. The second kappa shape index (κ2) is 12.0. The van der Waals surface area contributed by atoms with Crippen molar-refractivity contribution in [1.82, 2.24) is 9.97 Å². The summed E-state index contributed by atoms with van der Waals surface area (Å²) in [5.41, 5.74) is 4.50. The highest BCUT2D eigenvalue weighted by molar-refractivity contribution is 5.88. The average Bonchev–Trinajstić information content (AvgIpc) is 2.81. The maximum Gasteiger partial charge on any atom is 0.363 e. The first kappa shape index (κ1) is 22.7. The van der Waals surface area contributed by atoms with E-state index < -0.39 is 5.97 Å². The summed E-state index contributed by atoms with van der Waals surface area (Å²) < 4.78 is 5.46. The summed E-state index contributed by atoms with van der Waals surface area (Å²) in [4.78, 5) is 21.1. The number of carbonyl (C=O) groups is 1. The van der Waals surface area contributed by atoms with Crippen LogP contribution < -0.4 is 4.74 Å².